The predicted molar refractivity (Wildman–Crippen MR) is 73.7 cm³/mol. The van der Waals surface area contributed by atoms with E-state index in [1.165, 1.54) is 56.0 Å². The maximum Gasteiger partial charge on any atom is 0.115 e. The average molecular weight is 251 g/mol. The molecule has 0 aromatic heterocycles. The molecule has 1 aliphatic heterocycles. The summed E-state index contributed by atoms with van der Waals surface area (Å²) in [5.74, 6) is 1.52. The lowest BCUT2D eigenvalue weighted by molar-refractivity contribution is 0.230. The summed E-state index contributed by atoms with van der Waals surface area (Å²) in [7, 11) is 0. The van der Waals surface area contributed by atoms with Crippen molar-refractivity contribution >= 4 is 11.8 Å². The van der Waals surface area contributed by atoms with Crippen molar-refractivity contribution < 1.29 is 5.11 Å². The van der Waals surface area contributed by atoms with Gasteiger partial charge in [-0.15, -0.1) is 11.8 Å². The van der Waals surface area contributed by atoms with Crippen LogP contribution >= 0.6 is 11.8 Å². The molecule has 1 N–H and O–H groups in total. The summed E-state index contributed by atoms with van der Waals surface area (Å²) in [6.45, 7) is 3.83. The Morgan fingerprint density at radius 1 is 1.06 bits per heavy atom. The molecule has 0 radical (unpaired) electrons. The van der Waals surface area contributed by atoms with Crippen LogP contribution in [0.1, 0.15) is 25.7 Å². The van der Waals surface area contributed by atoms with Crippen molar-refractivity contribution in [2.24, 2.45) is 0 Å². The molecule has 0 atom stereocenters. The molecule has 2 nitrogen and oxygen atoms in total. The van der Waals surface area contributed by atoms with Crippen LogP contribution in [0.15, 0.2) is 29.2 Å². The van der Waals surface area contributed by atoms with E-state index in [9.17, 15) is 5.11 Å². The second kappa shape index (κ2) is 6.92. The topological polar surface area (TPSA) is 23.5 Å². The Kier molecular flexibility index (Phi) is 5.20. The van der Waals surface area contributed by atoms with Crippen molar-refractivity contribution in [3.05, 3.63) is 24.3 Å². The van der Waals surface area contributed by atoms with Crippen LogP contribution in [0, 0.1) is 0 Å². The highest BCUT2D eigenvalue weighted by Gasteiger charge is 2.08. The molecule has 0 unspecified atom stereocenters. The Morgan fingerprint density at radius 2 is 1.76 bits per heavy atom. The van der Waals surface area contributed by atoms with Gasteiger partial charge in [0.05, 0.1) is 0 Å². The minimum Gasteiger partial charge on any atom is -0.508 e. The summed E-state index contributed by atoms with van der Waals surface area (Å²) in [5, 5.41) is 9.18. The molecule has 1 aromatic carbocycles. The van der Waals surface area contributed by atoms with Gasteiger partial charge in [0, 0.05) is 4.90 Å². The first-order chi connectivity index (χ1) is 8.34. The van der Waals surface area contributed by atoms with Crippen LogP contribution in [0.25, 0.3) is 0 Å². The molecule has 0 aliphatic carbocycles. The second-order valence-corrected chi connectivity index (χ2v) is 5.77. The first-order valence-electron chi connectivity index (χ1n) is 6.49. The molecule has 1 aromatic rings. The largest absolute Gasteiger partial charge is 0.508 e. The SMILES string of the molecule is Oc1ccc(SCCCN2CCCCC2)cc1. The summed E-state index contributed by atoms with van der Waals surface area (Å²) >= 11 is 1.88. The van der Waals surface area contributed by atoms with Crippen molar-refractivity contribution in [1.82, 2.24) is 4.90 Å². The number of benzene rings is 1. The Labute approximate surface area is 108 Å². The Bertz CT molecular complexity index is 319. The number of hydrogen-bond acceptors (Lipinski definition) is 3. The number of likely N-dealkylation sites (tertiary alicyclic amines) is 1. The number of aromatic hydroxyl groups is 1. The van der Waals surface area contributed by atoms with Crippen molar-refractivity contribution in [2.75, 3.05) is 25.4 Å². The van der Waals surface area contributed by atoms with Crippen LogP contribution in [-0.2, 0) is 0 Å². The minimum atomic E-state index is 0.350. The van der Waals surface area contributed by atoms with Gasteiger partial charge < -0.3 is 10.0 Å². The molecule has 1 saturated heterocycles. The molecule has 2 rings (SSSR count). The highest BCUT2D eigenvalue weighted by molar-refractivity contribution is 7.99. The third-order valence-corrected chi connectivity index (χ3v) is 4.27. The highest BCUT2D eigenvalue weighted by Crippen LogP contribution is 2.21. The second-order valence-electron chi connectivity index (χ2n) is 4.60. The smallest absolute Gasteiger partial charge is 0.115 e. The van der Waals surface area contributed by atoms with Crippen LogP contribution in [-0.4, -0.2) is 35.4 Å². The van der Waals surface area contributed by atoms with E-state index < -0.39 is 0 Å². The molecule has 0 spiro atoms. The third-order valence-electron chi connectivity index (χ3n) is 3.17. The minimum absolute atomic E-state index is 0.350. The maximum absolute atomic E-state index is 9.18. The molecule has 3 heteroatoms. The first kappa shape index (κ1) is 12.8. The quantitative estimate of drug-likeness (QED) is 0.641. The molecular weight excluding hydrogens is 230 g/mol. The van der Waals surface area contributed by atoms with Gasteiger partial charge in [-0.1, -0.05) is 6.42 Å². The molecule has 1 fully saturated rings. The summed E-state index contributed by atoms with van der Waals surface area (Å²) < 4.78 is 0. The standard InChI is InChI=1S/C14H21NOS/c16-13-5-7-14(8-6-13)17-12-4-11-15-9-2-1-3-10-15/h5-8,16H,1-4,9-12H2. The lowest BCUT2D eigenvalue weighted by atomic mass is 10.1. The van der Waals surface area contributed by atoms with Gasteiger partial charge in [-0.2, -0.15) is 0 Å². The molecular formula is C14H21NOS. The number of rotatable bonds is 5. The summed E-state index contributed by atoms with van der Waals surface area (Å²) in [4.78, 5) is 3.84. The van der Waals surface area contributed by atoms with Gasteiger partial charge in [-0.3, -0.25) is 0 Å². The van der Waals surface area contributed by atoms with Gasteiger partial charge in [0.15, 0.2) is 0 Å². The van der Waals surface area contributed by atoms with E-state index in [-0.39, 0.29) is 0 Å². The van der Waals surface area contributed by atoms with E-state index in [0.29, 0.717) is 5.75 Å². The number of hydrogen-bond donors (Lipinski definition) is 1. The fourth-order valence-electron chi connectivity index (χ4n) is 2.20. The van der Waals surface area contributed by atoms with Crippen molar-refractivity contribution in [2.45, 2.75) is 30.6 Å². The normalized spacial score (nSPS) is 17.2. The van der Waals surface area contributed by atoms with E-state index in [1.807, 2.05) is 23.9 Å². The van der Waals surface area contributed by atoms with E-state index in [1.54, 1.807) is 12.1 Å². The number of phenolic OH excluding ortho intramolecular Hbond substituents is 1. The Balaban J connectivity index is 1.60. The van der Waals surface area contributed by atoms with Gasteiger partial charge in [0.1, 0.15) is 5.75 Å². The van der Waals surface area contributed by atoms with Gasteiger partial charge >= 0.3 is 0 Å². The van der Waals surface area contributed by atoms with Crippen molar-refractivity contribution in [1.29, 1.82) is 0 Å². The van der Waals surface area contributed by atoms with Crippen molar-refractivity contribution in [3.63, 3.8) is 0 Å². The summed E-state index contributed by atoms with van der Waals surface area (Å²) in [5.41, 5.74) is 0. The third kappa shape index (κ3) is 4.60. The zero-order valence-corrected chi connectivity index (χ0v) is 11.1. The van der Waals surface area contributed by atoms with E-state index >= 15 is 0 Å². The van der Waals surface area contributed by atoms with Crippen LogP contribution < -0.4 is 0 Å². The molecule has 0 amide bonds. The van der Waals surface area contributed by atoms with Crippen LogP contribution in [0.3, 0.4) is 0 Å². The van der Waals surface area contributed by atoms with Crippen LogP contribution in [0.2, 0.25) is 0 Å². The first-order valence-corrected chi connectivity index (χ1v) is 7.47. The van der Waals surface area contributed by atoms with E-state index in [0.717, 1.165) is 0 Å². The zero-order valence-electron chi connectivity index (χ0n) is 10.3. The fourth-order valence-corrected chi connectivity index (χ4v) is 3.04. The maximum atomic E-state index is 9.18. The monoisotopic (exact) mass is 251 g/mol. The number of piperidine rings is 1. The van der Waals surface area contributed by atoms with Crippen molar-refractivity contribution in [3.8, 4) is 5.75 Å². The van der Waals surface area contributed by atoms with Gasteiger partial charge in [-0.05, 0) is 68.9 Å². The highest BCUT2D eigenvalue weighted by atomic mass is 32.2. The molecule has 0 saturated carbocycles. The molecule has 1 heterocycles. The van der Waals surface area contributed by atoms with Crippen LogP contribution in [0.4, 0.5) is 0 Å². The molecule has 1 aliphatic rings. The average Bonchev–Trinajstić information content (AvgIpc) is 2.38. The zero-order chi connectivity index (χ0) is 11.9. The van der Waals surface area contributed by atoms with Gasteiger partial charge in [0.25, 0.3) is 0 Å². The number of nitrogens with zero attached hydrogens (tertiary/aromatic N) is 1. The predicted octanol–water partition coefficient (Wildman–Crippen LogP) is 3.36. The fraction of sp³-hybridized carbons (Fsp3) is 0.571. The molecule has 94 valence electrons. The Morgan fingerprint density at radius 3 is 2.47 bits per heavy atom. The number of phenols is 1. The lowest BCUT2D eigenvalue weighted by Crippen LogP contribution is -2.30. The Hall–Kier alpha value is -0.670. The van der Waals surface area contributed by atoms with Gasteiger partial charge in [0.2, 0.25) is 0 Å². The van der Waals surface area contributed by atoms with Crippen LogP contribution in [0.5, 0.6) is 5.75 Å². The molecule has 0 bridgehead atoms. The summed E-state index contributed by atoms with van der Waals surface area (Å²) in [6, 6.07) is 7.49. The molecule has 17 heavy (non-hydrogen) atoms. The lowest BCUT2D eigenvalue weighted by Gasteiger charge is -2.26. The van der Waals surface area contributed by atoms with Gasteiger partial charge in [-0.25, -0.2) is 0 Å². The van der Waals surface area contributed by atoms with E-state index in [4.69, 9.17) is 0 Å². The number of thioether (sulfide) groups is 1. The summed E-state index contributed by atoms with van der Waals surface area (Å²) in [6.07, 6.45) is 5.43. The van der Waals surface area contributed by atoms with E-state index in [2.05, 4.69) is 4.90 Å².